The van der Waals surface area contributed by atoms with Crippen molar-refractivity contribution >= 4 is 12.0 Å². The van der Waals surface area contributed by atoms with Crippen molar-refractivity contribution < 1.29 is 19.8 Å². The first-order chi connectivity index (χ1) is 8.98. The molecular weight excluding hydrogens is 248 g/mol. The van der Waals surface area contributed by atoms with E-state index in [2.05, 4.69) is 0 Å². The number of nitrogens with zero attached hydrogens (tertiary/aromatic N) is 2. The molecule has 2 N–H and O–H groups in total. The largest absolute Gasteiger partial charge is 0.481 e. The third-order valence-corrected chi connectivity index (χ3v) is 4.24. The maximum absolute atomic E-state index is 12.3. The van der Waals surface area contributed by atoms with Crippen LogP contribution in [-0.2, 0) is 4.79 Å². The SMILES string of the molecule is CCCC1(C(=O)O)CCN(C(=O)N2CCC(O)C2)C1. The molecule has 0 spiro atoms. The summed E-state index contributed by atoms with van der Waals surface area (Å²) in [6, 6.07) is -0.129. The van der Waals surface area contributed by atoms with Gasteiger partial charge in [-0.3, -0.25) is 4.79 Å². The van der Waals surface area contributed by atoms with Crippen LogP contribution in [0.2, 0.25) is 0 Å². The summed E-state index contributed by atoms with van der Waals surface area (Å²) in [7, 11) is 0. The number of carbonyl (C=O) groups is 2. The van der Waals surface area contributed by atoms with Crippen molar-refractivity contribution in [1.29, 1.82) is 0 Å². The van der Waals surface area contributed by atoms with E-state index in [1.807, 2.05) is 6.92 Å². The summed E-state index contributed by atoms with van der Waals surface area (Å²) >= 11 is 0. The van der Waals surface area contributed by atoms with Crippen LogP contribution >= 0.6 is 0 Å². The Morgan fingerprint density at radius 2 is 2.05 bits per heavy atom. The van der Waals surface area contributed by atoms with E-state index in [1.165, 1.54) is 0 Å². The first-order valence-corrected chi connectivity index (χ1v) is 6.94. The molecule has 0 saturated carbocycles. The van der Waals surface area contributed by atoms with Crippen molar-refractivity contribution in [2.24, 2.45) is 5.41 Å². The lowest BCUT2D eigenvalue weighted by Gasteiger charge is -2.27. The van der Waals surface area contributed by atoms with Gasteiger partial charge in [-0.1, -0.05) is 13.3 Å². The van der Waals surface area contributed by atoms with Gasteiger partial charge in [0.2, 0.25) is 0 Å². The van der Waals surface area contributed by atoms with Crippen molar-refractivity contribution in [2.75, 3.05) is 26.2 Å². The summed E-state index contributed by atoms with van der Waals surface area (Å²) in [4.78, 5) is 27.0. The van der Waals surface area contributed by atoms with Crippen LogP contribution < -0.4 is 0 Å². The average molecular weight is 270 g/mol. The molecule has 2 unspecified atom stereocenters. The Bertz CT molecular complexity index is 374. The number of β-amino-alcohol motifs (C(OH)–C–C–N with tert-alkyl or cyclic N) is 1. The van der Waals surface area contributed by atoms with Crippen molar-refractivity contribution in [3.05, 3.63) is 0 Å². The second kappa shape index (κ2) is 5.36. The highest BCUT2D eigenvalue weighted by molar-refractivity contribution is 5.80. The lowest BCUT2D eigenvalue weighted by Crippen LogP contribution is -2.43. The lowest BCUT2D eigenvalue weighted by atomic mass is 9.83. The monoisotopic (exact) mass is 270 g/mol. The number of amides is 2. The van der Waals surface area contributed by atoms with E-state index in [1.54, 1.807) is 9.80 Å². The van der Waals surface area contributed by atoms with Crippen molar-refractivity contribution in [3.8, 4) is 0 Å². The molecule has 0 aromatic heterocycles. The molecule has 6 nitrogen and oxygen atoms in total. The fraction of sp³-hybridized carbons (Fsp3) is 0.846. The first kappa shape index (κ1) is 14.1. The molecule has 2 heterocycles. The van der Waals surface area contributed by atoms with Crippen LogP contribution in [0.1, 0.15) is 32.6 Å². The van der Waals surface area contributed by atoms with E-state index in [9.17, 15) is 19.8 Å². The molecule has 108 valence electrons. The summed E-state index contributed by atoms with van der Waals surface area (Å²) in [5.41, 5.74) is -0.775. The molecular formula is C13H22N2O4. The summed E-state index contributed by atoms with van der Waals surface area (Å²) in [6.45, 7) is 3.68. The van der Waals surface area contributed by atoms with Crippen molar-refractivity contribution in [1.82, 2.24) is 9.80 Å². The predicted molar refractivity (Wildman–Crippen MR) is 68.8 cm³/mol. The van der Waals surface area contributed by atoms with Crippen LogP contribution in [0.4, 0.5) is 4.79 Å². The zero-order valence-electron chi connectivity index (χ0n) is 11.3. The summed E-state index contributed by atoms with van der Waals surface area (Å²) in [5, 5.41) is 18.9. The highest BCUT2D eigenvalue weighted by atomic mass is 16.4. The molecule has 0 aliphatic carbocycles. The van der Waals surface area contributed by atoms with E-state index in [4.69, 9.17) is 0 Å². The van der Waals surface area contributed by atoms with Crippen molar-refractivity contribution in [3.63, 3.8) is 0 Å². The van der Waals surface area contributed by atoms with Crippen LogP contribution in [0.15, 0.2) is 0 Å². The number of hydrogen-bond donors (Lipinski definition) is 2. The second-order valence-electron chi connectivity index (χ2n) is 5.68. The minimum Gasteiger partial charge on any atom is -0.481 e. The molecule has 0 aromatic rings. The van der Waals surface area contributed by atoms with Gasteiger partial charge in [-0.15, -0.1) is 0 Å². The van der Waals surface area contributed by atoms with Gasteiger partial charge in [0.15, 0.2) is 0 Å². The zero-order chi connectivity index (χ0) is 14.0. The van der Waals surface area contributed by atoms with Gasteiger partial charge in [-0.05, 0) is 19.3 Å². The Morgan fingerprint density at radius 1 is 1.32 bits per heavy atom. The van der Waals surface area contributed by atoms with E-state index >= 15 is 0 Å². The number of carboxylic acid groups (broad SMARTS) is 1. The quantitative estimate of drug-likeness (QED) is 0.793. The molecule has 2 amide bonds. The van der Waals surface area contributed by atoms with Gasteiger partial charge in [-0.25, -0.2) is 4.79 Å². The van der Waals surface area contributed by atoms with Crippen LogP contribution in [0.3, 0.4) is 0 Å². The number of aliphatic carboxylic acids is 1. The van der Waals surface area contributed by atoms with E-state index < -0.39 is 17.5 Å². The minimum atomic E-state index is -0.800. The molecule has 6 heteroatoms. The third kappa shape index (κ3) is 2.68. The van der Waals surface area contributed by atoms with Crippen LogP contribution in [0.25, 0.3) is 0 Å². The van der Waals surface area contributed by atoms with Gasteiger partial charge in [0.05, 0.1) is 11.5 Å². The van der Waals surface area contributed by atoms with E-state index in [0.29, 0.717) is 45.4 Å². The molecule has 2 aliphatic heterocycles. The number of carbonyl (C=O) groups excluding carboxylic acids is 1. The fourth-order valence-corrected chi connectivity index (χ4v) is 3.12. The maximum Gasteiger partial charge on any atom is 0.320 e. The molecule has 0 bridgehead atoms. The molecule has 2 fully saturated rings. The normalized spacial score (nSPS) is 30.9. The number of aliphatic hydroxyl groups is 1. The Labute approximate surface area is 113 Å². The summed E-state index contributed by atoms with van der Waals surface area (Å²) in [5.74, 6) is -0.800. The van der Waals surface area contributed by atoms with Gasteiger partial charge in [0, 0.05) is 26.2 Å². The molecule has 19 heavy (non-hydrogen) atoms. The maximum atomic E-state index is 12.3. The van der Waals surface area contributed by atoms with Gasteiger partial charge < -0.3 is 20.0 Å². The molecule has 0 aromatic carbocycles. The molecule has 2 atom stereocenters. The Balaban J connectivity index is 2.00. The van der Waals surface area contributed by atoms with Crippen LogP contribution in [-0.4, -0.2) is 64.3 Å². The minimum absolute atomic E-state index is 0.129. The Kier molecular flexibility index (Phi) is 3.99. The van der Waals surface area contributed by atoms with Gasteiger partial charge in [0.1, 0.15) is 0 Å². The molecule has 2 saturated heterocycles. The van der Waals surface area contributed by atoms with Crippen LogP contribution in [0.5, 0.6) is 0 Å². The van der Waals surface area contributed by atoms with Crippen molar-refractivity contribution in [2.45, 2.75) is 38.7 Å². The Hall–Kier alpha value is -1.30. The highest BCUT2D eigenvalue weighted by Crippen LogP contribution is 2.36. The standard InChI is InChI=1S/C13H22N2O4/c1-2-4-13(11(17)18)5-7-15(9-13)12(19)14-6-3-10(16)8-14/h10,16H,2-9H2,1H3,(H,17,18). The number of urea groups is 1. The van der Waals surface area contributed by atoms with Gasteiger partial charge in [-0.2, -0.15) is 0 Å². The highest BCUT2D eigenvalue weighted by Gasteiger charge is 2.46. The average Bonchev–Trinajstić information content (AvgIpc) is 2.96. The van der Waals surface area contributed by atoms with Gasteiger partial charge >= 0.3 is 12.0 Å². The zero-order valence-corrected chi connectivity index (χ0v) is 11.3. The molecule has 0 radical (unpaired) electrons. The summed E-state index contributed by atoms with van der Waals surface area (Å²) < 4.78 is 0. The lowest BCUT2D eigenvalue weighted by molar-refractivity contribution is -0.148. The number of likely N-dealkylation sites (tertiary alicyclic amines) is 2. The van der Waals surface area contributed by atoms with Crippen LogP contribution in [0, 0.1) is 5.41 Å². The van der Waals surface area contributed by atoms with E-state index in [0.717, 1.165) is 6.42 Å². The summed E-state index contributed by atoms with van der Waals surface area (Å²) in [6.07, 6.45) is 2.11. The number of hydrogen-bond acceptors (Lipinski definition) is 3. The fourth-order valence-electron chi connectivity index (χ4n) is 3.12. The number of aliphatic hydroxyl groups excluding tert-OH is 1. The van der Waals surface area contributed by atoms with Gasteiger partial charge in [0.25, 0.3) is 0 Å². The third-order valence-electron chi connectivity index (χ3n) is 4.24. The predicted octanol–water partition coefficient (Wildman–Crippen LogP) is 0.750. The smallest absolute Gasteiger partial charge is 0.320 e. The number of rotatable bonds is 3. The molecule has 2 rings (SSSR count). The topological polar surface area (TPSA) is 81.1 Å². The molecule has 2 aliphatic rings. The Morgan fingerprint density at radius 3 is 2.58 bits per heavy atom. The first-order valence-electron chi connectivity index (χ1n) is 6.94. The van der Waals surface area contributed by atoms with E-state index in [-0.39, 0.29) is 6.03 Å². The second-order valence-corrected chi connectivity index (χ2v) is 5.68. The number of carboxylic acids is 1.